The first kappa shape index (κ1) is 22.9. The normalized spacial score (nSPS) is 20.7. The predicted octanol–water partition coefficient (Wildman–Crippen LogP) is 1.92. The van der Waals surface area contributed by atoms with E-state index in [1.54, 1.807) is 0 Å². The van der Waals surface area contributed by atoms with Gasteiger partial charge < -0.3 is 25.0 Å². The van der Waals surface area contributed by atoms with E-state index in [0.717, 1.165) is 11.1 Å². The summed E-state index contributed by atoms with van der Waals surface area (Å²) >= 11 is 0. The van der Waals surface area contributed by atoms with Crippen LogP contribution in [0.5, 0.6) is 0 Å². The number of alkyl carbamates (subject to hydrolysis) is 1. The van der Waals surface area contributed by atoms with Crippen LogP contribution in [0, 0.1) is 11.8 Å². The molecule has 2 fully saturated rings. The molecule has 2 aromatic carbocycles. The molecule has 35 heavy (non-hydrogen) atoms. The summed E-state index contributed by atoms with van der Waals surface area (Å²) in [7, 11) is 0. The van der Waals surface area contributed by atoms with E-state index in [1.807, 2.05) is 24.3 Å². The van der Waals surface area contributed by atoms with E-state index in [4.69, 9.17) is 9.84 Å². The molecule has 5 rings (SSSR count). The van der Waals surface area contributed by atoms with E-state index in [9.17, 15) is 19.2 Å². The maximum Gasteiger partial charge on any atom is 0.407 e. The maximum atomic E-state index is 12.7. The van der Waals surface area contributed by atoms with Gasteiger partial charge in [-0.05, 0) is 34.6 Å². The fourth-order valence-electron chi connectivity index (χ4n) is 5.10. The van der Waals surface area contributed by atoms with Crippen LogP contribution in [0.4, 0.5) is 4.79 Å². The molecule has 1 saturated heterocycles. The predicted molar refractivity (Wildman–Crippen MR) is 125 cm³/mol. The molecular formula is C26H27N3O6. The number of amides is 3. The highest BCUT2D eigenvalue weighted by molar-refractivity contribution is 5.90. The van der Waals surface area contributed by atoms with E-state index in [2.05, 4.69) is 29.6 Å². The minimum atomic E-state index is -1.07. The van der Waals surface area contributed by atoms with Crippen LogP contribution in [-0.4, -0.2) is 78.1 Å². The summed E-state index contributed by atoms with van der Waals surface area (Å²) < 4.78 is 5.54. The molecule has 1 saturated carbocycles. The third-order valence-electron chi connectivity index (χ3n) is 7.05. The zero-order valence-electron chi connectivity index (χ0n) is 19.2. The molecule has 0 radical (unpaired) electrons. The van der Waals surface area contributed by atoms with Crippen molar-refractivity contribution in [3.05, 3.63) is 59.7 Å². The average Bonchev–Trinajstić information content (AvgIpc) is 3.57. The molecule has 1 heterocycles. The van der Waals surface area contributed by atoms with Gasteiger partial charge in [-0.2, -0.15) is 0 Å². The van der Waals surface area contributed by atoms with Crippen molar-refractivity contribution in [1.82, 2.24) is 15.1 Å². The van der Waals surface area contributed by atoms with E-state index in [-0.39, 0.29) is 55.8 Å². The summed E-state index contributed by atoms with van der Waals surface area (Å²) in [5.74, 6) is -1.79. The van der Waals surface area contributed by atoms with E-state index >= 15 is 0 Å². The SMILES string of the molecule is O=C(O)CN1CCN(C(=O)[C@H]2C[C@H]2CNC(=O)OCC2c3ccccc3-c3ccccc32)CC1=O. The van der Waals surface area contributed by atoms with Gasteiger partial charge in [0.25, 0.3) is 0 Å². The smallest absolute Gasteiger partial charge is 0.407 e. The Kier molecular flexibility index (Phi) is 6.15. The summed E-state index contributed by atoms with van der Waals surface area (Å²) in [6, 6.07) is 16.3. The zero-order chi connectivity index (χ0) is 24.5. The van der Waals surface area contributed by atoms with Crippen molar-refractivity contribution >= 4 is 23.9 Å². The second-order valence-corrected chi connectivity index (χ2v) is 9.28. The van der Waals surface area contributed by atoms with Crippen LogP contribution in [0.1, 0.15) is 23.5 Å². The van der Waals surface area contributed by atoms with Gasteiger partial charge in [0, 0.05) is 31.5 Å². The maximum absolute atomic E-state index is 12.7. The largest absolute Gasteiger partial charge is 0.480 e. The number of aliphatic carboxylic acids is 1. The number of hydrogen-bond acceptors (Lipinski definition) is 5. The molecule has 2 aliphatic carbocycles. The Morgan fingerprint density at radius 1 is 1.00 bits per heavy atom. The monoisotopic (exact) mass is 477 g/mol. The number of rotatable bonds is 7. The fourth-order valence-corrected chi connectivity index (χ4v) is 5.10. The van der Waals surface area contributed by atoms with Crippen molar-refractivity contribution in [2.45, 2.75) is 12.3 Å². The Hall–Kier alpha value is -3.88. The lowest BCUT2D eigenvalue weighted by Gasteiger charge is -2.33. The number of nitrogens with zero attached hydrogens (tertiary/aromatic N) is 2. The minimum Gasteiger partial charge on any atom is -0.480 e. The number of carboxylic acid groups (broad SMARTS) is 1. The highest BCUT2D eigenvalue weighted by atomic mass is 16.5. The van der Waals surface area contributed by atoms with Gasteiger partial charge in [0.05, 0.1) is 6.54 Å². The Morgan fingerprint density at radius 2 is 1.66 bits per heavy atom. The summed E-state index contributed by atoms with van der Waals surface area (Å²) in [6.07, 6.45) is 0.133. The molecule has 0 spiro atoms. The van der Waals surface area contributed by atoms with Gasteiger partial charge >= 0.3 is 12.1 Å². The summed E-state index contributed by atoms with van der Waals surface area (Å²) in [5, 5.41) is 11.6. The van der Waals surface area contributed by atoms with Crippen LogP contribution < -0.4 is 5.32 Å². The molecule has 9 heteroatoms. The molecule has 1 aliphatic heterocycles. The Balaban J connectivity index is 1.08. The number of fused-ring (bicyclic) bond motifs is 3. The summed E-state index contributed by atoms with van der Waals surface area (Å²) in [5.41, 5.74) is 4.62. The topological polar surface area (TPSA) is 116 Å². The summed E-state index contributed by atoms with van der Waals surface area (Å²) in [4.78, 5) is 50.8. The van der Waals surface area contributed by atoms with Crippen LogP contribution in [0.25, 0.3) is 11.1 Å². The quantitative estimate of drug-likeness (QED) is 0.630. The van der Waals surface area contributed by atoms with Crippen LogP contribution in [-0.2, 0) is 19.1 Å². The van der Waals surface area contributed by atoms with Crippen molar-refractivity contribution in [3.8, 4) is 11.1 Å². The first-order valence-electron chi connectivity index (χ1n) is 11.8. The van der Waals surface area contributed by atoms with Crippen LogP contribution in [0.15, 0.2) is 48.5 Å². The molecule has 9 nitrogen and oxygen atoms in total. The number of carbonyl (C=O) groups is 4. The Bertz CT molecular complexity index is 1140. The first-order chi connectivity index (χ1) is 16.9. The van der Waals surface area contributed by atoms with E-state index in [1.165, 1.54) is 20.9 Å². The highest BCUT2D eigenvalue weighted by Crippen LogP contribution is 2.44. The van der Waals surface area contributed by atoms with Crippen molar-refractivity contribution < 1.29 is 29.0 Å². The number of carboxylic acids is 1. The second-order valence-electron chi connectivity index (χ2n) is 9.28. The van der Waals surface area contributed by atoms with E-state index in [0.29, 0.717) is 19.5 Å². The third-order valence-corrected chi connectivity index (χ3v) is 7.05. The van der Waals surface area contributed by atoms with Crippen molar-refractivity contribution in [2.24, 2.45) is 11.8 Å². The molecule has 2 N–H and O–H groups in total. The Labute approximate surface area is 202 Å². The minimum absolute atomic E-state index is 0.00938. The van der Waals surface area contributed by atoms with Gasteiger partial charge in [-0.1, -0.05) is 48.5 Å². The van der Waals surface area contributed by atoms with Gasteiger partial charge in [-0.15, -0.1) is 0 Å². The summed E-state index contributed by atoms with van der Waals surface area (Å²) in [6.45, 7) is 0.648. The van der Waals surface area contributed by atoms with Gasteiger partial charge in [-0.3, -0.25) is 14.4 Å². The third kappa shape index (κ3) is 4.71. The van der Waals surface area contributed by atoms with Crippen molar-refractivity contribution in [2.75, 3.05) is 39.3 Å². The molecule has 0 bridgehead atoms. The van der Waals surface area contributed by atoms with Gasteiger partial charge in [0.15, 0.2) is 0 Å². The molecule has 3 amide bonds. The molecule has 0 unspecified atom stereocenters. The lowest BCUT2D eigenvalue weighted by Crippen LogP contribution is -2.53. The molecule has 182 valence electrons. The van der Waals surface area contributed by atoms with Crippen LogP contribution in [0.3, 0.4) is 0 Å². The van der Waals surface area contributed by atoms with Crippen LogP contribution >= 0.6 is 0 Å². The lowest BCUT2D eigenvalue weighted by molar-refractivity contribution is -0.150. The number of carbonyl (C=O) groups excluding carboxylic acids is 3. The second kappa shape index (κ2) is 9.40. The standard InChI is InChI=1S/C26H27N3O6/c30-23-13-29(10-9-28(23)14-24(31)32)25(33)21-11-16(21)12-27-26(34)35-15-22-19-7-3-1-5-17(19)18-6-2-4-8-20(18)22/h1-8,16,21-22H,9-15H2,(H,27,34)(H,31,32)/t16-,21-/m0/s1. The Morgan fingerprint density at radius 3 is 2.29 bits per heavy atom. The molecule has 3 aliphatic rings. The average molecular weight is 478 g/mol. The van der Waals surface area contributed by atoms with Gasteiger partial charge in [0.2, 0.25) is 11.8 Å². The van der Waals surface area contributed by atoms with Crippen molar-refractivity contribution in [1.29, 1.82) is 0 Å². The number of nitrogens with one attached hydrogen (secondary N) is 1. The highest BCUT2D eigenvalue weighted by Gasteiger charge is 2.46. The molecule has 2 aromatic rings. The number of benzene rings is 2. The molecular weight excluding hydrogens is 450 g/mol. The molecule has 2 atom stereocenters. The number of ether oxygens (including phenoxy) is 1. The lowest BCUT2D eigenvalue weighted by atomic mass is 9.98. The fraction of sp³-hybridized carbons (Fsp3) is 0.385. The van der Waals surface area contributed by atoms with E-state index < -0.39 is 12.1 Å². The van der Waals surface area contributed by atoms with Gasteiger partial charge in [-0.25, -0.2) is 4.79 Å². The number of hydrogen-bond donors (Lipinski definition) is 2. The van der Waals surface area contributed by atoms with Crippen molar-refractivity contribution in [3.63, 3.8) is 0 Å². The molecule has 0 aromatic heterocycles. The zero-order valence-corrected chi connectivity index (χ0v) is 19.2. The number of piperazine rings is 1. The van der Waals surface area contributed by atoms with Crippen LogP contribution in [0.2, 0.25) is 0 Å². The first-order valence-corrected chi connectivity index (χ1v) is 11.8. The van der Waals surface area contributed by atoms with Gasteiger partial charge in [0.1, 0.15) is 13.2 Å².